The predicted octanol–water partition coefficient (Wildman–Crippen LogP) is 2.04. The molecule has 1 fully saturated rings. The zero-order valence-electron chi connectivity index (χ0n) is 7.97. The molecular formula is C9H15Br2NO2. The van der Waals surface area contributed by atoms with E-state index < -0.39 is 0 Å². The van der Waals surface area contributed by atoms with Crippen molar-refractivity contribution in [3.8, 4) is 0 Å². The standard InChI is InChI=1S/C9H15Br2NO2/c10-8(11)9(13)14-6-3-7-1-4-12-5-2-7/h7-8,12H,1-6H2. The van der Waals surface area contributed by atoms with Gasteiger partial charge in [-0.3, -0.25) is 0 Å². The second-order valence-corrected chi connectivity index (χ2v) is 6.51. The van der Waals surface area contributed by atoms with Crippen molar-refractivity contribution in [1.29, 1.82) is 0 Å². The Labute approximate surface area is 101 Å². The smallest absolute Gasteiger partial charge is 0.330 e. The van der Waals surface area contributed by atoms with Gasteiger partial charge >= 0.3 is 5.97 Å². The first kappa shape index (κ1) is 12.5. The molecule has 0 spiro atoms. The Bertz CT molecular complexity index is 182. The lowest BCUT2D eigenvalue weighted by atomic mass is 9.95. The largest absolute Gasteiger partial charge is 0.464 e. The maximum Gasteiger partial charge on any atom is 0.330 e. The second kappa shape index (κ2) is 6.80. The number of alkyl halides is 2. The summed E-state index contributed by atoms with van der Waals surface area (Å²) in [6.45, 7) is 2.73. The van der Waals surface area contributed by atoms with Crippen LogP contribution in [0.2, 0.25) is 0 Å². The third kappa shape index (κ3) is 4.75. The summed E-state index contributed by atoms with van der Waals surface area (Å²) in [7, 11) is 0. The van der Waals surface area contributed by atoms with Crippen molar-refractivity contribution < 1.29 is 9.53 Å². The van der Waals surface area contributed by atoms with E-state index in [1.54, 1.807) is 0 Å². The van der Waals surface area contributed by atoms with Gasteiger partial charge in [0.25, 0.3) is 0 Å². The van der Waals surface area contributed by atoms with Crippen LogP contribution in [-0.2, 0) is 9.53 Å². The zero-order valence-corrected chi connectivity index (χ0v) is 11.1. The van der Waals surface area contributed by atoms with Gasteiger partial charge in [0.15, 0.2) is 3.74 Å². The molecule has 0 atom stereocenters. The van der Waals surface area contributed by atoms with Crippen LogP contribution >= 0.6 is 31.9 Å². The summed E-state index contributed by atoms with van der Waals surface area (Å²) in [5.41, 5.74) is 0. The molecule has 14 heavy (non-hydrogen) atoms. The number of rotatable bonds is 4. The molecule has 0 radical (unpaired) electrons. The maximum atomic E-state index is 11.1. The van der Waals surface area contributed by atoms with Crippen molar-refractivity contribution >= 4 is 37.8 Å². The molecule has 0 aliphatic carbocycles. The van der Waals surface area contributed by atoms with Gasteiger partial charge in [-0.25, -0.2) is 4.79 Å². The fourth-order valence-electron chi connectivity index (χ4n) is 1.56. The summed E-state index contributed by atoms with van der Waals surface area (Å²) in [6.07, 6.45) is 3.38. The Balaban J connectivity index is 2.05. The number of nitrogens with one attached hydrogen (secondary N) is 1. The van der Waals surface area contributed by atoms with E-state index in [1.165, 1.54) is 12.8 Å². The van der Waals surface area contributed by atoms with Gasteiger partial charge in [-0.05, 0) is 38.3 Å². The summed E-state index contributed by atoms with van der Waals surface area (Å²) in [6, 6.07) is 0. The van der Waals surface area contributed by atoms with Gasteiger partial charge in [-0.2, -0.15) is 0 Å². The van der Waals surface area contributed by atoms with Gasteiger partial charge in [0.1, 0.15) is 0 Å². The predicted molar refractivity (Wildman–Crippen MR) is 62.8 cm³/mol. The molecule has 0 amide bonds. The molecule has 1 heterocycles. The average molecular weight is 329 g/mol. The molecule has 0 aromatic rings. The highest BCUT2D eigenvalue weighted by Gasteiger charge is 2.15. The molecule has 1 N–H and O–H groups in total. The number of hydrogen-bond acceptors (Lipinski definition) is 3. The topological polar surface area (TPSA) is 38.3 Å². The van der Waals surface area contributed by atoms with E-state index in [2.05, 4.69) is 37.2 Å². The number of halogens is 2. The SMILES string of the molecule is O=C(OCCC1CCNCC1)C(Br)Br. The van der Waals surface area contributed by atoms with Crippen LogP contribution in [-0.4, -0.2) is 29.4 Å². The molecule has 1 aliphatic rings. The summed E-state index contributed by atoms with van der Waals surface area (Å²) in [5.74, 6) is 0.479. The van der Waals surface area contributed by atoms with Crippen molar-refractivity contribution in [2.24, 2.45) is 5.92 Å². The lowest BCUT2D eigenvalue weighted by molar-refractivity contribution is -0.141. The fraction of sp³-hybridized carbons (Fsp3) is 0.889. The van der Waals surface area contributed by atoms with Crippen LogP contribution < -0.4 is 5.32 Å². The van der Waals surface area contributed by atoms with Crippen LogP contribution in [0, 0.1) is 5.92 Å². The van der Waals surface area contributed by atoms with E-state index in [0.29, 0.717) is 12.5 Å². The summed E-state index contributed by atoms with van der Waals surface area (Å²) in [4.78, 5) is 11.1. The first-order valence-corrected chi connectivity index (χ1v) is 6.69. The highest BCUT2D eigenvalue weighted by atomic mass is 79.9. The number of carbonyl (C=O) groups is 1. The zero-order chi connectivity index (χ0) is 10.4. The van der Waals surface area contributed by atoms with Crippen LogP contribution in [0.5, 0.6) is 0 Å². The Morgan fingerprint density at radius 2 is 2.07 bits per heavy atom. The minimum atomic E-state index is -0.372. The number of esters is 1. The van der Waals surface area contributed by atoms with Gasteiger partial charge in [-0.15, -0.1) is 0 Å². The monoisotopic (exact) mass is 327 g/mol. The van der Waals surface area contributed by atoms with E-state index in [0.717, 1.165) is 19.5 Å². The molecule has 0 aromatic heterocycles. The van der Waals surface area contributed by atoms with Crippen LogP contribution in [0.25, 0.3) is 0 Å². The Morgan fingerprint density at radius 3 is 2.64 bits per heavy atom. The van der Waals surface area contributed by atoms with Gasteiger partial charge in [0.05, 0.1) is 6.61 Å². The second-order valence-electron chi connectivity index (χ2n) is 3.45. The molecule has 1 saturated heterocycles. The van der Waals surface area contributed by atoms with Gasteiger partial charge in [0.2, 0.25) is 0 Å². The number of carbonyl (C=O) groups excluding carboxylic acids is 1. The van der Waals surface area contributed by atoms with Crippen molar-refractivity contribution in [3.63, 3.8) is 0 Å². The van der Waals surface area contributed by atoms with E-state index in [9.17, 15) is 4.79 Å². The molecule has 5 heteroatoms. The van der Waals surface area contributed by atoms with Crippen LogP contribution in [0.1, 0.15) is 19.3 Å². The quantitative estimate of drug-likeness (QED) is 0.634. The van der Waals surface area contributed by atoms with E-state index in [-0.39, 0.29) is 9.71 Å². The van der Waals surface area contributed by atoms with E-state index in [4.69, 9.17) is 4.74 Å². The van der Waals surface area contributed by atoms with Crippen molar-refractivity contribution in [3.05, 3.63) is 0 Å². The Morgan fingerprint density at radius 1 is 1.43 bits per heavy atom. The van der Waals surface area contributed by atoms with Crippen molar-refractivity contribution in [2.75, 3.05) is 19.7 Å². The first-order valence-electron chi connectivity index (χ1n) is 4.85. The van der Waals surface area contributed by atoms with Gasteiger partial charge in [-0.1, -0.05) is 31.9 Å². The van der Waals surface area contributed by atoms with Crippen molar-refractivity contribution in [2.45, 2.75) is 23.0 Å². The summed E-state index contributed by atoms with van der Waals surface area (Å²) >= 11 is 6.20. The van der Waals surface area contributed by atoms with E-state index in [1.807, 2.05) is 0 Å². The molecular weight excluding hydrogens is 314 g/mol. The molecule has 0 saturated carbocycles. The maximum absolute atomic E-state index is 11.1. The Hall–Kier alpha value is 0.390. The summed E-state index contributed by atoms with van der Waals surface area (Å²) < 4.78 is 4.68. The molecule has 1 aliphatic heterocycles. The first-order chi connectivity index (χ1) is 6.70. The lowest BCUT2D eigenvalue weighted by Gasteiger charge is -2.22. The van der Waals surface area contributed by atoms with Gasteiger partial charge < -0.3 is 10.1 Å². The number of ether oxygens (including phenoxy) is 1. The molecule has 0 bridgehead atoms. The van der Waals surface area contributed by atoms with Gasteiger partial charge in [0, 0.05) is 0 Å². The minimum Gasteiger partial charge on any atom is -0.464 e. The number of piperidine rings is 1. The van der Waals surface area contributed by atoms with E-state index >= 15 is 0 Å². The molecule has 0 aromatic carbocycles. The van der Waals surface area contributed by atoms with Crippen molar-refractivity contribution in [1.82, 2.24) is 5.32 Å². The molecule has 3 nitrogen and oxygen atoms in total. The molecule has 82 valence electrons. The highest BCUT2D eigenvalue weighted by Crippen LogP contribution is 2.16. The summed E-state index contributed by atoms with van der Waals surface area (Å²) in [5, 5.41) is 3.31. The number of hydrogen-bond donors (Lipinski definition) is 1. The van der Waals surface area contributed by atoms with Crippen LogP contribution in [0.3, 0.4) is 0 Å². The minimum absolute atomic E-state index is 0.237. The third-order valence-corrected chi connectivity index (χ3v) is 3.15. The fourth-order valence-corrected chi connectivity index (χ4v) is 1.82. The Kier molecular flexibility index (Phi) is 6.05. The normalized spacial score (nSPS) is 18.5. The van der Waals surface area contributed by atoms with Crippen LogP contribution in [0.4, 0.5) is 0 Å². The molecule has 0 unspecified atom stereocenters. The third-order valence-electron chi connectivity index (χ3n) is 2.41. The highest BCUT2D eigenvalue weighted by molar-refractivity contribution is 9.25. The molecule has 1 rings (SSSR count). The lowest BCUT2D eigenvalue weighted by Crippen LogP contribution is -2.28. The van der Waals surface area contributed by atoms with Crippen LogP contribution in [0.15, 0.2) is 0 Å². The average Bonchev–Trinajstić information content (AvgIpc) is 2.19.